The Labute approximate surface area is 339 Å². The Hall–Kier alpha value is -1.71. The van der Waals surface area contributed by atoms with Crippen molar-refractivity contribution in [1.82, 2.24) is 4.90 Å². The van der Waals surface area contributed by atoms with Gasteiger partial charge in [0.15, 0.2) is 0 Å². The molecule has 0 spiro atoms. The minimum atomic E-state index is -0.282. The quantitative estimate of drug-likeness (QED) is 0.0367. The number of carbonyl (C=O) groups is 3. The Kier molecular flexibility index (Phi) is 39.2. The molecule has 0 aromatic rings. The first-order valence-corrected chi connectivity index (χ1v) is 23.2. The molecule has 0 bridgehead atoms. The summed E-state index contributed by atoms with van der Waals surface area (Å²) in [4.78, 5) is 39.7. The van der Waals surface area contributed by atoms with Crippen LogP contribution in [-0.4, -0.2) is 86.2 Å². The molecule has 326 valence electrons. The molecule has 0 rings (SSSR count). The highest BCUT2D eigenvalue weighted by Crippen LogP contribution is 2.19. The lowest BCUT2D eigenvalue weighted by Crippen LogP contribution is -2.24. The predicted molar refractivity (Wildman–Crippen MR) is 226 cm³/mol. The number of rotatable bonds is 42. The number of aliphatic hydroxyl groups excluding tert-OH is 1. The fraction of sp³-hybridized carbons (Fsp3) is 0.935. The molecule has 0 fully saturated rings. The summed E-state index contributed by atoms with van der Waals surface area (Å²) in [6.07, 6.45) is 29.8. The maximum Gasteiger partial charge on any atom is 0.332 e. The van der Waals surface area contributed by atoms with Gasteiger partial charge in [-0.25, -0.2) is 4.79 Å². The molecule has 0 radical (unpaired) electrons. The van der Waals surface area contributed by atoms with Gasteiger partial charge in [0.05, 0.1) is 0 Å². The molecule has 9 nitrogen and oxygen atoms in total. The Balaban J connectivity index is 4.49. The van der Waals surface area contributed by atoms with Crippen LogP contribution in [0.15, 0.2) is 0 Å². The summed E-state index contributed by atoms with van der Waals surface area (Å²) < 4.78 is 23.2. The van der Waals surface area contributed by atoms with Gasteiger partial charge in [-0.05, 0) is 84.1 Å². The van der Waals surface area contributed by atoms with E-state index in [1.807, 2.05) is 7.05 Å². The summed E-state index contributed by atoms with van der Waals surface area (Å²) in [6, 6.07) is 0. The van der Waals surface area contributed by atoms with Crippen LogP contribution in [0, 0.1) is 0 Å². The van der Waals surface area contributed by atoms with Crippen LogP contribution < -0.4 is 0 Å². The summed E-state index contributed by atoms with van der Waals surface area (Å²) >= 11 is 0. The fourth-order valence-corrected chi connectivity index (χ4v) is 6.96. The summed E-state index contributed by atoms with van der Waals surface area (Å²) in [5, 5.41) is 9.00. The van der Waals surface area contributed by atoms with Crippen molar-refractivity contribution in [3.63, 3.8) is 0 Å². The van der Waals surface area contributed by atoms with E-state index in [-0.39, 0.29) is 49.4 Å². The van der Waals surface area contributed by atoms with E-state index < -0.39 is 0 Å². The van der Waals surface area contributed by atoms with Crippen LogP contribution in [0.3, 0.4) is 0 Å². The van der Waals surface area contributed by atoms with Crippen molar-refractivity contribution in [3.8, 4) is 0 Å². The second kappa shape index (κ2) is 40.5. The molecule has 0 aliphatic rings. The zero-order valence-electron chi connectivity index (χ0n) is 36.7. The lowest BCUT2D eigenvalue weighted by Gasteiger charge is -2.19. The van der Waals surface area contributed by atoms with Crippen molar-refractivity contribution >= 4 is 17.9 Å². The molecule has 1 N–H and O–H groups in total. The molecule has 9 heteroatoms. The second-order valence-corrected chi connectivity index (χ2v) is 16.0. The summed E-state index contributed by atoms with van der Waals surface area (Å²) in [5.74, 6) is -0.356. The molecular formula is C46H89NO8. The van der Waals surface area contributed by atoms with Crippen molar-refractivity contribution in [2.75, 3.05) is 40.0 Å². The zero-order valence-corrected chi connectivity index (χ0v) is 36.7. The molecule has 0 heterocycles. The maximum absolute atomic E-state index is 12.7. The molecule has 0 aliphatic heterocycles. The van der Waals surface area contributed by atoms with Gasteiger partial charge >= 0.3 is 17.9 Å². The maximum atomic E-state index is 12.7. The Morgan fingerprint density at radius 1 is 0.455 bits per heavy atom. The first-order chi connectivity index (χ1) is 26.8. The van der Waals surface area contributed by atoms with Gasteiger partial charge in [-0.3, -0.25) is 9.59 Å². The minimum Gasteiger partial charge on any atom is -0.462 e. The monoisotopic (exact) mass is 784 g/mol. The minimum absolute atomic E-state index is 0.0162. The topological polar surface area (TPSA) is 112 Å². The van der Waals surface area contributed by atoms with Gasteiger partial charge in [0.25, 0.3) is 0 Å². The summed E-state index contributed by atoms with van der Waals surface area (Å²) in [7, 11) is 2.03. The highest BCUT2D eigenvalue weighted by Gasteiger charge is 2.17. The average molecular weight is 784 g/mol. The SMILES string of the molecule is CCCCC(CCCC)OC(=O)CCCCCCCCC(CCCCCCCCC(=O)OC(CCCC)CCCC)OC(=O)COCCCN(C)CCCO. The van der Waals surface area contributed by atoms with Crippen LogP contribution in [0.4, 0.5) is 0 Å². The number of nitrogens with zero attached hydrogens (tertiary/aromatic N) is 1. The first kappa shape index (κ1) is 53.3. The van der Waals surface area contributed by atoms with E-state index in [0.29, 0.717) is 19.4 Å². The van der Waals surface area contributed by atoms with E-state index in [2.05, 4.69) is 32.6 Å². The number of carbonyl (C=O) groups excluding carboxylic acids is 3. The van der Waals surface area contributed by atoms with Gasteiger partial charge < -0.3 is 29.0 Å². The molecule has 0 aromatic carbocycles. The summed E-state index contributed by atoms with van der Waals surface area (Å²) in [5.41, 5.74) is 0. The number of aliphatic hydroxyl groups is 1. The normalized spacial score (nSPS) is 11.7. The largest absolute Gasteiger partial charge is 0.462 e. The smallest absolute Gasteiger partial charge is 0.332 e. The number of unbranched alkanes of at least 4 members (excludes halogenated alkanes) is 14. The molecule has 0 atom stereocenters. The van der Waals surface area contributed by atoms with Crippen molar-refractivity contribution in [2.24, 2.45) is 0 Å². The molecular weight excluding hydrogens is 695 g/mol. The van der Waals surface area contributed by atoms with E-state index in [0.717, 1.165) is 193 Å². The van der Waals surface area contributed by atoms with Gasteiger partial charge in [-0.2, -0.15) is 0 Å². The third-order valence-corrected chi connectivity index (χ3v) is 10.5. The van der Waals surface area contributed by atoms with Crippen molar-refractivity contribution in [1.29, 1.82) is 0 Å². The highest BCUT2D eigenvalue weighted by atomic mass is 16.6. The van der Waals surface area contributed by atoms with Crippen molar-refractivity contribution in [2.45, 2.75) is 239 Å². The van der Waals surface area contributed by atoms with Gasteiger partial charge in [0.1, 0.15) is 24.9 Å². The molecule has 0 aliphatic carbocycles. The van der Waals surface area contributed by atoms with Crippen LogP contribution in [0.25, 0.3) is 0 Å². The zero-order chi connectivity index (χ0) is 40.6. The van der Waals surface area contributed by atoms with Crippen LogP contribution in [0.1, 0.15) is 220 Å². The molecule has 0 saturated heterocycles. The molecule has 0 unspecified atom stereocenters. The van der Waals surface area contributed by atoms with Gasteiger partial charge in [-0.15, -0.1) is 0 Å². The third kappa shape index (κ3) is 36.4. The number of ether oxygens (including phenoxy) is 4. The van der Waals surface area contributed by atoms with Crippen LogP contribution in [0.5, 0.6) is 0 Å². The second-order valence-electron chi connectivity index (χ2n) is 16.0. The van der Waals surface area contributed by atoms with E-state index in [4.69, 9.17) is 24.1 Å². The highest BCUT2D eigenvalue weighted by molar-refractivity contribution is 5.71. The number of esters is 3. The fourth-order valence-electron chi connectivity index (χ4n) is 6.96. The van der Waals surface area contributed by atoms with Gasteiger partial charge in [-0.1, -0.05) is 130 Å². The predicted octanol–water partition coefficient (Wildman–Crippen LogP) is 11.4. The first-order valence-electron chi connectivity index (χ1n) is 23.2. The van der Waals surface area contributed by atoms with Gasteiger partial charge in [0, 0.05) is 39.1 Å². The van der Waals surface area contributed by atoms with Crippen molar-refractivity contribution in [3.05, 3.63) is 0 Å². The molecule has 0 amide bonds. The van der Waals surface area contributed by atoms with E-state index in [1.54, 1.807) is 0 Å². The molecule has 55 heavy (non-hydrogen) atoms. The standard InChI is InChI=1S/C46H89NO8/c1-6-10-28-41(29-11-7-2)53-44(49)34-24-20-16-14-18-22-32-43(55-46(51)40-52-39-27-37-47(5)36-26-38-48)33-23-19-15-17-21-25-35-45(50)54-42(30-12-8-3)31-13-9-4/h41-43,48H,6-40H2,1-5H3. The lowest BCUT2D eigenvalue weighted by atomic mass is 10.0. The van der Waals surface area contributed by atoms with E-state index >= 15 is 0 Å². The van der Waals surface area contributed by atoms with Crippen molar-refractivity contribution < 1.29 is 38.4 Å². The number of hydrogen-bond donors (Lipinski definition) is 1. The molecule has 0 aromatic heterocycles. The van der Waals surface area contributed by atoms with Gasteiger partial charge in [0.2, 0.25) is 0 Å². The van der Waals surface area contributed by atoms with Crippen LogP contribution in [0.2, 0.25) is 0 Å². The van der Waals surface area contributed by atoms with Crippen LogP contribution in [-0.2, 0) is 33.3 Å². The summed E-state index contributed by atoms with van der Waals surface area (Å²) in [6.45, 7) is 11.1. The lowest BCUT2D eigenvalue weighted by molar-refractivity contribution is -0.155. The Bertz CT molecular complexity index is 805. The Morgan fingerprint density at radius 2 is 0.800 bits per heavy atom. The Morgan fingerprint density at radius 3 is 1.20 bits per heavy atom. The molecule has 0 saturated carbocycles. The third-order valence-electron chi connectivity index (χ3n) is 10.5. The average Bonchev–Trinajstić information content (AvgIpc) is 3.17. The number of hydrogen-bond acceptors (Lipinski definition) is 9. The van der Waals surface area contributed by atoms with Crippen LogP contribution >= 0.6 is 0 Å². The van der Waals surface area contributed by atoms with E-state index in [1.165, 1.54) is 0 Å². The van der Waals surface area contributed by atoms with E-state index in [9.17, 15) is 14.4 Å².